The molecule has 2 amide bonds. The number of pyridine rings is 1. The molecule has 0 aliphatic carbocycles. The first-order valence-electron chi connectivity index (χ1n) is 8.74. The van der Waals surface area contributed by atoms with E-state index in [-0.39, 0.29) is 12.1 Å². The van der Waals surface area contributed by atoms with Gasteiger partial charge < -0.3 is 10.2 Å². The number of hydrogen-bond acceptors (Lipinski definition) is 3. The molecule has 134 valence electrons. The fraction of sp³-hybridized carbons (Fsp3) is 0.250. The van der Waals surface area contributed by atoms with Crippen molar-refractivity contribution in [2.75, 3.05) is 12.4 Å². The van der Waals surface area contributed by atoms with Gasteiger partial charge in [-0.15, -0.1) is 0 Å². The highest BCUT2D eigenvalue weighted by Crippen LogP contribution is 2.24. The molecule has 1 N–H and O–H groups in total. The lowest BCUT2D eigenvalue weighted by atomic mass is 10.1. The van der Waals surface area contributed by atoms with E-state index in [4.69, 9.17) is 0 Å². The molecule has 0 bridgehead atoms. The largest absolute Gasteiger partial charge is 0.322 e. The van der Waals surface area contributed by atoms with Crippen molar-refractivity contribution < 1.29 is 4.79 Å². The van der Waals surface area contributed by atoms with Crippen molar-refractivity contribution >= 4 is 11.7 Å². The molecule has 6 nitrogen and oxygen atoms in total. The molecule has 0 saturated carbocycles. The Hall–Kier alpha value is -3.15. The Morgan fingerprint density at radius 1 is 1.19 bits per heavy atom. The number of amides is 2. The molecular formula is C20H23N5O. The number of hydrogen-bond donors (Lipinski definition) is 1. The van der Waals surface area contributed by atoms with E-state index in [1.165, 1.54) is 0 Å². The molecule has 1 aromatic carbocycles. The van der Waals surface area contributed by atoms with E-state index in [0.717, 1.165) is 29.9 Å². The monoisotopic (exact) mass is 349 g/mol. The van der Waals surface area contributed by atoms with Gasteiger partial charge in [-0.25, -0.2) is 9.48 Å². The summed E-state index contributed by atoms with van der Waals surface area (Å²) in [5.74, 6) is 0. The molecule has 2 aromatic heterocycles. The summed E-state index contributed by atoms with van der Waals surface area (Å²) in [4.78, 5) is 18.9. The second-order valence-electron chi connectivity index (χ2n) is 6.10. The number of anilines is 1. The maximum Gasteiger partial charge on any atom is 0.322 e. The van der Waals surface area contributed by atoms with Crippen LogP contribution in [-0.2, 0) is 0 Å². The second kappa shape index (κ2) is 8.29. The summed E-state index contributed by atoms with van der Waals surface area (Å²) in [5.41, 5.74) is 2.52. The highest BCUT2D eigenvalue weighted by molar-refractivity contribution is 5.89. The predicted octanol–water partition coefficient (Wildman–Crippen LogP) is 4.27. The molecule has 0 fully saturated rings. The lowest BCUT2D eigenvalue weighted by Crippen LogP contribution is -2.35. The first kappa shape index (κ1) is 17.7. The summed E-state index contributed by atoms with van der Waals surface area (Å²) in [6.45, 7) is 2.11. The first-order chi connectivity index (χ1) is 12.7. The van der Waals surface area contributed by atoms with Crippen LogP contribution in [-0.4, -0.2) is 32.7 Å². The van der Waals surface area contributed by atoms with Crippen LogP contribution in [0.5, 0.6) is 0 Å². The maximum atomic E-state index is 12.8. The van der Waals surface area contributed by atoms with Crippen LogP contribution in [0.3, 0.4) is 0 Å². The van der Waals surface area contributed by atoms with Crippen molar-refractivity contribution in [1.29, 1.82) is 0 Å². The van der Waals surface area contributed by atoms with Crippen molar-refractivity contribution in [3.63, 3.8) is 0 Å². The average Bonchev–Trinajstić information content (AvgIpc) is 3.21. The number of carbonyl (C=O) groups excluding carboxylic acids is 1. The van der Waals surface area contributed by atoms with Crippen LogP contribution in [0.15, 0.2) is 67.1 Å². The van der Waals surface area contributed by atoms with Gasteiger partial charge in [-0.3, -0.25) is 4.98 Å². The van der Waals surface area contributed by atoms with Gasteiger partial charge in [0.05, 0.1) is 17.4 Å². The van der Waals surface area contributed by atoms with Crippen molar-refractivity contribution in [1.82, 2.24) is 19.7 Å². The molecule has 3 aromatic rings. The van der Waals surface area contributed by atoms with E-state index >= 15 is 0 Å². The molecule has 0 spiro atoms. The molecule has 0 radical (unpaired) electrons. The van der Waals surface area contributed by atoms with Crippen LogP contribution in [0.25, 0.3) is 5.69 Å². The highest BCUT2D eigenvalue weighted by Gasteiger charge is 2.22. The minimum atomic E-state index is -0.160. The SMILES string of the molecule is CCC[C@H](c1ccccn1)N(C)C(=O)Nc1cccc(-n2cccn2)c1. The first-order valence-corrected chi connectivity index (χ1v) is 8.74. The topological polar surface area (TPSA) is 63.1 Å². The number of carbonyl (C=O) groups is 1. The third-order valence-electron chi connectivity index (χ3n) is 4.25. The summed E-state index contributed by atoms with van der Waals surface area (Å²) < 4.78 is 1.76. The lowest BCUT2D eigenvalue weighted by Gasteiger charge is -2.28. The van der Waals surface area contributed by atoms with Gasteiger partial charge in [-0.05, 0) is 42.8 Å². The van der Waals surface area contributed by atoms with Gasteiger partial charge in [-0.2, -0.15) is 5.10 Å². The number of nitrogens with one attached hydrogen (secondary N) is 1. The van der Waals surface area contributed by atoms with Crippen molar-refractivity contribution in [3.8, 4) is 5.69 Å². The van der Waals surface area contributed by atoms with Gasteiger partial charge in [0.2, 0.25) is 0 Å². The number of rotatable bonds is 6. The standard InChI is InChI=1S/C20H23N5O/c1-3-8-19(18-11-4-5-12-21-18)24(2)20(26)23-16-9-6-10-17(15-16)25-14-7-13-22-25/h4-7,9-15,19H,3,8H2,1-2H3,(H,23,26)/t19-/m1/s1. The number of urea groups is 1. The number of nitrogens with zero attached hydrogens (tertiary/aromatic N) is 4. The van der Waals surface area contributed by atoms with Gasteiger partial charge >= 0.3 is 6.03 Å². The van der Waals surface area contributed by atoms with E-state index in [0.29, 0.717) is 0 Å². The van der Waals surface area contributed by atoms with Crippen molar-refractivity contribution in [3.05, 3.63) is 72.8 Å². The minimum absolute atomic E-state index is 0.0597. The van der Waals surface area contributed by atoms with E-state index in [9.17, 15) is 4.79 Å². The summed E-state index contributed by atoms with van der Waals surface area (Å²) in [5, 5.41) is 7.19. The molecule has 6 heteroatoms. The Kier molecular flexibility index (Phi) is 5.63. The average molecular weight is 349 g/mol. The highest BCUT2D eigenvalue weighted by atomic mass is 16.2. The van der Waals surface area contributed by atoms with Crippen LogP contribution in [0.4, 0.5) is 10.5 Å². The third kappa shape index (κ3) is 4.08. The number of benzene rings is 1. The quantitative estimate of drug-likeness (QED) is 0.723. The second-order valence-corrected chi connectivity index (χ2v) is 6.10. The molecule has 2 heterocycles. The summed E-state index contributed by atoms with van der Waals surface area (Å²) in [6.07, 6.45) is 7.17. The van der Waals surface area contributed by atoms with Crippen molar-refractivity contribution in [2.24, 2.45) is 0 Å². The summed E-state index contributed by atoms with van der Waals surface area (Å²) in [6, 6.07) is 15.0. The molecule has 0 aliphatic heterocycles. The van der Waals surface area contributed by atoms with E-state index in [2.05, 4.69) is 22.3 Å². The van der Waals surface area contributed by atoms with Gasteiger partial charge in [-0.1, -0.05) is 25.5 Å². The predicted molar refractivity (Wildman–Crippen MR) is 102 cm³/mol. The Balaban J connectivity index is 1.75. The van der Waals surface area contributed by atoms with Gasteiger partial charge in [0.15, 0.2) is 0 Å². The Morgan fingerprint density at radius 2 is 2.08 bits per heavy atom. The molecule has 26 heavy (non-hydrogen) atoms. The Labute approximate surface area is 153 Å². The third-order valence-corrected chi connectivity index (χ3v) is 4.25. The molecule has 3 rings (SSSR count). The van der Waals surface area contributed by atoms with Crippen LogP contribution < -0.4 is 5.32 Å². The molecule has 0 unspecified atom stereocenters. The maximum absolute atomic E-state index is 12.8. The zero-order valence-electron chi connectivity index (χ0n) is 15.0. The number of aromatic nitrogens is 3. The Morgan fingerprint density at radius 3 is 2.77 bits per heavy atom. The van der Waals surface area contributed by atoms with Gasteiger partial charge in [0, 0.05) is 31.3 Å². The molecular weight excluding hydrogens is 326 g/mol. The zero-order valence-corrected chi connectivity index (χ0v) is 15.0. The van der Waals surface area contributed by atoms with E-state index in [1.807, 2.05) is 61.8 Å². The van der Waals surface area contributed by atoms with Crippen LogP contribution >= 0.6 is 0 Å². The minimum Gasteiger partial charge on any atom is -0.319 e. The molecule has 1 atom stereocenters. The van der Waals surface area contributed by atoms with Crippen LogP contribution in [0, 0.1) is 0 Å². The Bertz CT molecular complexity index is 832. The molecule has 0 saturated heterocycles. The summed E-state index contributed by atoms with van der Waals surface area (Å²) in [7, 11) is 1.81. The zero-order chi connectivity index (χ0) is 18.4. The normalized spacial score (nSPS) is 11.8. The van der Waals surface area contributed by atoms with Crippen molar-refractivity contribution in [2.45, 2.75) is 25.8 Å². The van der Waals surface area contributed by atoms with E-state index in [1.54, 1.807) is 22.0 Å². The van der Waals surface area contributed by atoms with E-state index < -0.39 is 0 Å². The lowest BCUT2D eigenvalue weighted by molar-refractivity contribution is 0.199. The summed E-state index contributed by atoms with van der Waals surface area (Å²) >= 11 is 0. The molecule has 0 aliphatic rings. The smallest absolute Gasteiger partial charge is 0.319 e. The van der Waals surface area contributed by atoms with Crippen LogP contribution in [0.2, 0.25) is 0 Å². The van der Waals surface area contributed by atoms with Gasteiger partial charge in [0.25, 0.3) is 0 Å². The van der Waals surface area contributed by atoms with Crippen LogP contribution in [0.1, 0.15) is 31.5 Å². The fourth-order valence-electron chi connectivity index (χ4n) is 2.89. The fourth-order valence-corrected chi connectivity index (χ4v) is 2.89. The van der Waals surface area contributed by atoms with Gasteiger partial charge in [0.1, 0.15) is 0 Å².